The van der Waals surface area contributed by atoms with Gasteiger partial charge >= 0.3 is 0 Å². The normalized spacial score (nSPS) is 19.8. The number of nitro groups is 1. The molecule has 0 fully saturated rings. The summed E-state index contributed by atoms with van der Waals surface area (Å²) in [6.07, 6.45) is 1.34. The standard InChI is InChI=1S/C16H14Cl3N3O2/c1-8-20-15-12(11-5-3-10(17)6-13(11)18)4-2-9(7-22(23)24)14(15)16(19)21-8/h3,5-6,9,12H,2,4,7H2,1H3. The first-order valence-corrected chi connectivity index (χ1v) is 8.61. The molecule has 3 rings (SSSR count). The summed E-state index contributed by atoms with van der Waals surface area (Å²) in [5.41, 5.74) is 2.30. The molecule has 1 aliphatic rings. The highest BCUT2D eigenvalue weighted by atomic mass is 35.5. The van der Waals surface area contributed by atoms with E-state index in [1.165, 1.54) is 0 Å². The van der Waals surface area contributed by atoms with E-state index in [1.807, 2.05) is 6.07 Å². The van der Waals surface area contributed by atoms with Gasteiger partial charge in [-0.2, -0.15) is 0 Å². The molecule has 0 saturated carbocycles. The highest BCUT2D eigenvalue weighted by molar-refractivity contribution is 6.35. The van der Waals surface area contributed by atoms with E-state index in [1.54, 1.807) is 19.1 Å². The third-order valence-corrected chi connectivity index (χ3v) is 5.14. The van der Waals surface area contributed by atoms with Gasteiger partial charge in [0, 0.05) is 26.4 Å². The zero-order chi connectivity index (χ0) is 17.4. The van der Waals surface area contributed by atoms with Crippen LogP contribution in [0.2, 0.25) is 15.2 Å². The van der Waals surface area contributed by atoms with Crippen LogP contribution in [0.4, 0.5) is 0 Å². The minimum Gasteiger partial charge on any atom is -0.265 e. The Morgan fingerprint density at radius 3 is 2.67 bits per heavy atom. The smallest absolute Gasteiger partial charge is 0.210 e. The Morgan fingerprint density at radius 1 is 1.25 bits per heavy atom. The quantitative estimate of drug-likeness (QED) is 0.421. The largest absolute Gasteiger partial charge is 0.265 e. The summed E-state index contributed by atoms with van der Waals surface area (Å²) in [7, 11) is 0. The predicted octanol–water partition coefficient (Wildman–Crippen LogP) is 5.03. The topological polar surface area (TPSA) is 68.9 Å². The predicted molar refractivity (Wildman–Crippen MR) is 93.9 cm³/mol. The minimum absolute atomic E-state index is 0.0769. The van der Waals surface area contributed by atoms with Crippen LogP contribution in [0.15, 0.2) is 18.2 Å². The molecule has 2 aromatic rings. The molecule has 0 N–H and O–H groups in total. The molecule has 2 unspecified atom stereocenters. The van der Waals surface area contributed by atoms with Crippen LogP contribution in [0.3, 0.4) is 0 Å². The zero-order valence-electron chi connectivity index (χ0n) is 12.8. The van der Waals surface area contributed by atoms with Crippen molar-refractivity contribution in [2.24, 2.45) is 0 Å². The van der Waals surface area contributed by atoms with Crippen molar-refractivity contribution < 1.29 is 4.92 Å². The van der Waals surface area contributed by atoms with Gasteiger partial charge in [0.1, 0.15) is 11.0 Å². The van der Waals surface area contributed by atoms with Gasteiger partial charge in [0.15, 0.2) is 0 Å². The van der Waals surface area contributed by atoms with Gasteiger partial charge in [-0.05, 0) is 37.5 Å². The molecule has 0 spiro atoms. The summed E-state index contributed by atoms with van der Waals surface area (Å²) < 4.78 is 0. The lowest BCUT2D eigenvalue weighted by atomic mass is 9.77. The Balaban J connectivity index is 2.13. The van der Waals surface area contributed by atoms with Crippen molar-refractivity contribution in [3.8, 4) is 0 Å². The summed E-state index contributed by atoms with van der Waals surface area (Å²) in [6, 6.07) is 5.34. The van der Waals surface area contributed by atoms with Gasteiger partial charge in [0.25, 0.3) is 0 Å². The highest BCUT2D eigenvalue weighted by Crippen LogP contribution is 2.45. The number of halogens is 3. The van der Waals surface area contributed by atoms with E-state index in [9.17, 15) is 10.1 Å². The van der Waals surface area contributed by atoms with E-state index in [0.717, 1.165) is 11.3 Å². The van der Waals surface area contributed by atoms with Crippen molar-refractivity contribution in [2.75, 3.05) is 6.54 Å². The maximum atomic E-state index is 11.0. The lowest BCUT2D eigenvalue weighted by Crippen LogP contribution is -2.24. The average molecular weight is 387 g/mol. The molecule has 1 aliphatic carbocycles. The number of aromatic nitrogens is 2. The van der Waals surface area contributed by atoms with E-state index >= 15 is 0 Å². The van der Waals surface area contributed by atoms with Crippen molar-refractivity contribution in [1.82, 2.24) is 9.97 Å². The molecular weight excluding hydrogens is 373 g/mol. The second-order valence-electron chi connectivity index (χ2n) is 5.87. The second-order valence-corrected chi connectivity index (χ2v) is 7.07. The van der Waals surface area contributed by atoms with Gasteiger partial charge in [-0.25, -0.2) is 9.97 Å². The van der Waals surface area contributed by atoms with Crippen molar-refractivity contribution in [1.29, 1.82) is 0 Å². The Bertz CT molecular complexity index is 813. The fourth-order valence-electron chi connectivity index (χ4n) is 3.31. The van der Waals surface area contributed by atoms with Crippen LogP contribution >= 0.6 is 34.8 Å². The van der Waals surface area contributed by atoms with E-state index in [-0.39, 0.29) is 23.3 Å². The van der Waals surface area contributed by atoms with Crippen LogP contribution in [0.5, 0.6) is 0 Å². The first kappa shape index (κ1) is 17.4. The molecule has 126 valence electrons. The molecular formula is C16H14Cl3N3O2. The summed E-state index contributed by atoms with van der Waals surface area (Å²) in [6.45, 7) is 1.57. The third-order valence-electron chi connectivity index (χ3n) is 4.29. The van der Waals surface area contributed by atoms with Crippen molar-refractivity contribution in [3.05, 3.63) is 66.2 Å². The van der Waals surface area contributed by atoms with Gasteiger partial charge in [0.2, 0.25) is 6.54 Å². The molecule has 1 aromatic carbocycles. The first-order chi connectivity index (χ1) is 11.4. The van der Waals surface area contributed by atoms with Gasteiger partial charge in [-0.15, -0.1) is 0 Å². The van der Waals surface area contributed by atoms with Crippen LogP contribution in [0.1, 0.15) is 47.3 Å². The maximum absolute atomic E-state index is 11.0. The molecule has 0 bridgehead atoms. The van der Waals surface area contributed by atoms with E-state index in [2.05, 4.69) is 9.97 Å². The third kappa shape index (κ3) is 3.34. The number of hydrogen-bond donors (Lipinski definition) is 0. The molecule has 0 aliphatic heterocycles. The van der Waals surface area contributed by atoms with Gasteiger partial charge < -0.3 is 0 Å². The molecule has 0 radical (unpaired) electrons. The van der Waals surface area contributed by atoms with Crippen LogP contribution in [-0.4, -0.2) is 21.4 Å². The summed E-state index contributed by atoms with van der Waals surface area (Å²) in [5, 5.41) is 12.4. The number of hydrogen-bond acceptors (Lipinski definition) is 4. The molecule has 0 saturated heterocycles. The molecule has 8 heteroatoms. The van der Waals surface area contributed by atoms with Gasteiger partial charge in [0.05, 0.1) is 11.6 Å². The Hall–Kier alpha value is -1.43. The number of aryl methyl sites for hydroxylation is 1. The SMILES string of the molecule is Cc1nc(Cl)c2c(n1)C(c1ccc(Cl)cc1Cl)CCC2C[N+](=O)[O-]. The fourth-order valence-corrected chi connectivity index (χ4v) is 4.22. The summed E-state index contributed by atoms with van der Waals surface area (Å²) >= 11 is 18.7. The highest BCUT2D eigenvalue weighted by Gasteiger charge is 2.35. The fraction of sp³-hybridized carbons (Fsp3) is 0.375. The zero-order valence-corrected chi connectivity index (χ0v) is 15.1. The van der Waals surface area contributed by atoms with Crippen LogP contribution < -0.4 is 0 Å². The number of nitrogens with zero attached hydrogens (tertiary/aromatic N) is 3. The van der Waals surface area contributed by atoms with Crippen molar-refractivity contribution >= 4 is 34.8 Å². The second kappa shape index (κ2) is 6.82. The molecule has 1 heterocycles. The monoisotopic (exact) mass is 385 g/mol. The van der Waals surface area contributed by atoms with E-state index in [0.29, 0.717) is 39.4 Å². The maximum Gasteiger partial charge on any atom is 0.210 e. The van der Waals surface area contributed by atoms with Gasteiger partial charge in [-0.1, -0.05) is 40.9 Å². The number of rotatable bonds is 3. The molecule has 24 heavy (non-hydrogen) atoms. The lowest BCUT2D eigenvalue weighted by Gasteiger charge is -2.30. The molecule has 0 amide bonds. The minimum atomic E-state index is -0.319. The van der Waals surface area contributed by atoms with Gasteiger partial charge in [-0.3, -0.25) is 10.1 Å². The lowest BCUT2D eigenvalue weighted by molar-refractivity contribution is -0.483. The van der Waals surface area contributed by atoms with E-state index in [4.69, 9.17) is 34.8 Å². The Kier molecular flexibility index (Phi) is 4.95. The molecule has 2 atom stereocenters. The van der Waals surface area contributed by atoms with Crippen LogP contribution in [-0.2, 0) is 0 Å². The van der Waals surface area contributed by atoms with E-state index < -0.39 is 0 Å². The number of benzene rings is 1. The first-order valence-electron chi connectivity index (χ1n) is 7.47. The van der Waals surface area contributed by atoms with Crippen molar-refractivity contribution in [3.63, 3.8) is 0 Å². The van der Waals surface area contributed by atoms with Crippen molar-refractivity contribution in [2.45, 2.75) is 31.6 Å². The number of fused-ring (bicyclic) bond motifs is 1. The summed E-state index contributed by atoms with van der Waals surface area (Å²) in [5.74, 6) is 0.174. The molecule has 5 nitrogen and oxygen atoms in total. The summed E-state index contributed by atoms with van der Waals surface area (Å²) in [4.78, 5) is 19.4. The molecule has 1 aromatic heterocycles. The van der Waals surface area contributed by atoms with Crippen LogP contribution in [0.25, 0.3) is 0 Å². The Labute approximate surface area is 154 Å². The Morgan fingerprint density at radius 2 is 2.00 bits per heavy atom. The van der Waals surface area contributed by atoms with Crippen LogP contribution in [0, 0.1) is 17.0 Å². The average Bonchev–Trinajstić information content (AvgIpc) is 2.47.